The van der Waals surface area contributed by atoms with Crippen molar-refractivity contribution < 1.29 is 0 Å². The second kappa shape index (κ2) is 8.16. The molecule has 0 aliphatic heterocycles. The van der Waals surface area contributed by atoms with Crippen molar-refractivity contribution in [2.75, 3.05) is 0 Å². The molecular formula is C20H19N5S2. The van der Waals surface area contributed by atoms with Crippen molar-refractivity contribution in [2.45, 2.75) is 20.8 Å². The van der Waals surface area contributed by atoms with Crippen molar-refractivity contribution >= 4 is 34.3 Å². The van der Waals surface area contributed by atoms with Crippen LogP contribution in [0.5, 0.6) is 0 Å². The minimum absolute atomic E-state index is 0.0638. The quantitative estimate of drug-likeness (QED) is 0.306. The monoisotopic (exact) mass is 393 g/mol. The third-order valence-electron chi connectivity index (χ3n) is 3.64. The predicted octanol–water partition coefficient (Wildman–Crippen LogP) is 3.89. The summed E-state index contributed by atoms with van der Waals surface area (Å²) >= 11 is 3.27. The van der Waals surface area contributed by atoms with Gasteiger partial charge in [0, 0.05) is 16.0 Å². The molecule has 0 amide bonds. The van der Waals surface area contributed by atoms with Crippen molar-refractivity contribution in [3.05, 3.63) is 62.3 Å². The van der Waals surface area contributed by atoms with Gasteiger partial charge in [-0.3, -0.25) is 0 Å². The normalized spacial score (nSPS) is 11.0. The highest BCUT2D eigenvalue weighted by Gasteiger charge is 2.12. The molecule has 5 nitrogen and oxygen atoms in total. The summed E-state index contributed by atoms with van der Waals surface area (Å²) in [6.45, 7) is 5.90. The summed E-state index contributed by atoms with van der Waals surface area (Å²) < 4.78 is 0. The Labute approximate surface area is 166 Å². The predicted molar refractivity (Wildman–Crippen MR) is 115 cm³/mol. The van der Waals surface area contributed by atoms with Crippen molar-refractivity contribution in [2.24, 2.45) is 21.7 Å². The zero-order valence-electron chi connectivity index (χ0n) is 15.3. The lowest BCUT2D eigenvalue weighted by molar-refractivity contribution is 1.19. The van der Waals surface area contributed by atoms with Gasteiger partial charge in [0.1, 0.15) is 5.01 Å². The molecule has 0 aliphatic carbocycles. The van der Waals surface area contributed by atoms with Crippen LogP contribution >= 0.6 is 22.7 Å². The Kier molecular flexibility index (Phi) is 5.69. The van der Waals surface area contributed by atoms with Crippen LogP contribution < -0.4 is 11.5 Å². The maximum atomic E-state index is 5.33. The highest BCUT2D eigenvalue weighted by atomic mass is 32.1. The van der Waals surface area contributed by atoms with E-state index in [1.165, 1.54) is 4.88 Å². The highest BCUT2D eigenvalue weighted by molar-refractivity contribution is 7.17. The average molecular weight is 394 g/mol. The summed E-state index contributed by atoms with van der Waals surface area (Å²) in [4.78, 5) is 7.96. The molecule has 0 aliphatic rings. The molecule has 0 fully saturated rings. The third-order valence-corrected chi connectivity index (χ3v) is 5.87. The van der Waals surface area contributed by atoms with Crippen LogP contribution in [0.1, 0.15) is 32.8 Å². The maximum Gasteiger partial charge on any atom is 0.211 e. The number of nitrogens with zero attached hydrogens (tertiary/aromatic N) is 3. The van der Waals surface area contributed by atoms with Gasteiger partial charge in [0.15, 0.2) is 0 Å². The second-order valence-electron chi connectivity index (χ2n) is 5.88. The van der Waals surface area contributed by atoms with E-state index in [-0.39, 0.29) is 5.96 Å². The fourth-order valence-electron chi connectivity index (χ4n) is 2.37. The van der Waals surface area contributed by atoms with Crippen LogP contribution in [0.15, 0.2) is 46.6 Å². The Balaban J connectivity index is 1.82. The Bertz CT molecular complexity index is 1070. The van der Waals surface area contributed by atoms with Crippen LogP contribution in [0.4, 0.5) is 0 Å². The lowest BCUT2D eigenvalue weighted by atomic mass is 10.1. The maximum absolute atomic E-state index is 5.33. The Morgan fingerprint density at radius 1 is 0.963 bits per heavy atom. The molecule has 1 aromatic carbocycles. The zero-order valence-corrected chi connectivity index (χ0v) is 16.9. The standard InChI is InChI=1S/C20H19N5S2/c1-12-4-10-17(26-12)11-7-15-5-8-16(9-6-15)19-23-13(2)18(27-19)14(3)24-25-20(21)22/h4-6,8-10H,1-3H3,(H4,21,22,25)/b24-14+. The minimum atomic E-state index is -0.0638. The third kappa shape index (κ3) is 4.82. The van der Waals surface area contributed by atoms with Crippen molar-refractivity contribution in [3.63, 3.8) is 0 Å². The van der Waals surface area contributed by atoms with Gasteiger partial charge >= 0.3 is 0 Å². The van der Waals surface area contributed by atoms with E-state index in [4.69, 9.17) is 11.5 Å². The summed E-state index contributed by atoms with van der Waals surface area (Å²) in [5, 5.41) is 8.67. The van der Waals surface area contributed by atoms with Gasteiger partial charge in [-0.2, -0.15) is 5.10 Å². The van der Waals surface area contributed by atoms with Crippen molar-refractivity contribution in [1.82, 2.24) is 4.98 Å². The van der Waals surface area contributed by atoms with Gasteiger partial charge in [-0.25, -0.2) is 4.98 Å². The molecule has 0 unspecified atom stereocenters. The van der Waals surface area contributed by atoms with Crippen molar-refractivity contribution in [1.29, 1.82) is 0 Å². The molecule has 0 bridgehead atoms. The van der Waals surface area contributed by atoms with Gasteiger partial charge in [0.05, 0.1) is 21.2 Å². The van der Waals surface area contributed by atoms with Gasteiger partial charge in [0.25, 0.3) is 0 Å². The van der Waals surface area contributed by atoms with Crippen LogP contribution in [0.3, 0.4) is 0 Å². The zero-order chi connectivity index (χ0) is 19.4. The number of aromatic nitrogens is 1. The number of hydrogen-bond acceptors (Lipinski definition) is 5. The fraction of sp³-hybridized carbons (Fsp3) is 0.150. The Morgan fingerprint density at radius 3 is 2.33 bits per heavy atom. The van der Waals surface area contributed by atoms with Crippen LogP contribution in [-0.4, -0.2) is 16.7 Å². The number of thiophene rings is 1. The van der Waals surface area contributed by atoms with Crippen LogP contribution in [0.25, 0.3) is 10.6 Å². The summed E-state index contributed by atoms with van der Waals surface area (Å²) in [7, 11) is 0. The molecule has 0 atom stereocenters. The molecule has 0 saturated carbocycles. The molecule has 2 heterocycles. The van der Waals surface area contributed by atoms with E-state index in [9.17, 15) is 0 Å². The highest BCUT2D eigenvalue weighted by Crippen LogP contribution is 2.28. The summed E-state index contributed by atoms with van der Waals surface area (Å²) in [5.41, 5.74) is 14.3. The van der Waals surface area contributed by atoms with Crippen LogP contribution in [0, 0.1) is 25.7 Å². The van der Waals surface area contributed by atoms with Gasteiger partial charge < -0.3 is 11.5 Å². The molecular weight excluding hydrogens is 374 g/mol. The first kappa shape index (κ1) is 18.8. The smallest absolute Gasteiger partial charge is 0.211 e. The van der Waals surface area contributed by atoms with E-state index in [1.807, 2.05) is 44.2 Å². The van der Waals surface area contributed by atoms with E-state index in [0.29, 0.717) is 0 Å². The first-order valence-corrected chi connectivity index (χ1v) is 9.85. The first-order chi connectivity index (χ1) is 12.9. The molecule has 3 aromatic rings. The number of nitrogens with two attached hydrogens (primary N) is 2. The van der Waals surface area contributed by atoms with Gasteiger partial charge in [0.2, 0.25) is 5.96 Å². The van der Waals surface area contributed by atoms with E-state index < -0.39 is 0 Å². The van der Waals surface area contributed by atoms with E-state index in [1.54, 1.807) is 22.7 Å². The molecule has 136 valence electrons. The number of aryl methyl sites for hydroxylation is 2. The molecule has 27 heavy (non-hydrogen) atoms. The summed E-state index contributed by atoms with van der Waals surface area (Å²) in [6.07, 6.45) is 0. The number of benzene rings is 1. The molecule has 0 saturated heterocycles. The van der Waals surface area contributed by atoms with Crippen LogP contribution in [-0.2, 0) is 0 Å². The first-order valence-electron chi connectivity index (χ1n) is 8.22. The average Bonchev–Trinajstić information content (AvgIpc) is 3.24. The Hall–Kier alpha value is -2.95. The number of thiazole rings is 1. The van der Waals surface area contributed by atoms with Crippen LogP contribution in [0.2, 0.25) is 0 Å². The summed E-state index contributed by atoms with van der Waals surface area (Å²) in [5.74, 6) is 6.34. The van der Waals surface area contributed by atoms with Gasteiger partial charge in [-0.1, -0.05) is 24.0 Å². The number of guanidine groups is 1. The van der Waals surface area contributed by atoms with E-state index in [0.717, 1.165) is 37.3 Å². The largest absolute Gasteiger partial charge is 0.369 e. The Morgan fingerprint density at radius 2 is 1.70 bits per heavy atom. The van der Waals surface area contributed by atoms with Crippen molar-refractivity contribution in [3.8, 4) is 22.4 Å². The topological polar surface area (TPSA) is 89.6 Å². The molecule has 0 radical (unpaired) electrons. The molecule has 3 rings (SSSR count). The molecule has 0 spiro atoms. The van der Waals surface area contributed by atoms with E-state index >= 15 is 0 Å². The minimum Gasteiger partial charge on any atom is -0.369 e. The molecule has 4 N–H and O–H groups in total. The second-order valence-corrected chi connectivity index (χ2v) is 8.17. The number of hydrogen-bond donors (Lipinski definition) is 2. The summed E-state index contributed by atoms with van der Waals surface area (Å²) in [6, 6.07) is 12.2. The lowest BCUT2D eigenvalue weighted by Crippen LogP contribution is -2.22. The van der Waals surface area contributed by atoms with E-state index in [2.05, 4.69) is 40.0 Å². The molecule has 7 heteroatoms. The molecule has 2 aromatic heterocycles. The fourth-order valence-corrected chi connectivity index (χ4v) is 4.10. The SMILES string of the molecule is C/C(=N\N=C(N)N)c1sc(-c2ccc(C#Cc3ccc(C)s3)cc2)nc1C. The number of rotatable bonds is 3. The van der Waals surface area contributed by atoms with Gasteiger partial charge in [-0.15, -0.1) is 27.8 Å². The lowest BCUT2D eigenvalue weighted by Gasteiger charge is -1.96. The van der Waals surface area contributed by atoms with Gasteiger partial charge in [-0.05, 0) is 45.0 Å².